The Hall–Kier alpha value is -0.780. The molecule has 1 aromatic carbocycles. The monoisotopic (exact) mass is 311 g/mol. The summed E-state index contributed by atoms with van der Waals surface area (Å²) in [5.74, 6) is 1.88. The Morgan fingerprint density at radius 1 is 1.35 bits per heavy atom. The predicted molar refractivity (Wildman–Crippen MR) is 75.1 cm³/mol. The largest absolute Gasteiger partial charge is 0.344 e. The zero-order chi connectivity index (χ0) is 12.1. The Bertz CT molecular complexity index is 467. The van der Waals surface area contributed by atoms with E-state index in [9.17, 15) is 0 Å². The van der Waals surface area contributed by atoms with Crippen LogP contribution in [0.2, 0.25) is 0 Å². The van der Waals surface area contributed by atoms with E-state index < -0.39 is 0 Å². The van der Waals surface area contributed by atoms with Crippen LogP contribution < -0.4 is 5.32 Å². The van der Waals surface area contributed by atoms with Gasteiger partial charge < -0.3 is 10.3 Å². The van der Waals surface area contributed by atoms with Gasteiger partial charge in [0.25, 0.3) is 0 Å². The fourth-order valence-corrected chi connectivity index (χ4v) is 2.48. The van der Waals surface area contributed by atoms with E-state index in [1.807, 2.05) is 13.2 Å². The third-order valence-electron chi connectivity index (χ3n) is 2.24. The lowest BCUT2D eigenvalue weighted by atomic mass is 10.4. The van der Waals surface area contributed by atoms with E-state index in [0.717, 1.165) is 28.3 Å². The number of nitrogens with one attached hydrogen (secondary N) is 2. The van der Waals surface area contributed by atoms with Crippen molar-refractivity contribution >= 4 is 27.7 Å². The second-order valence-corrected chi connectivity index (χ2v) is 5.59. The number of imidazole rings is 1. The second kappa shape index (κ2) is 6.23. The first-order valence-electron chi connectivity index (χ1n) is 5.33. The normalized spacial score (nSPS) is 10.7. The molecule has 0 fully saturated rings. The molecule has 3 nitrogen and oxygen atoms in total. The van der Waals surface area contributed by atoms with Crippen molar-refractivity contribution in [2.24, 2.45) is 0 Å². The zero-order valence-electron chi connectivity index (χ0n) is 9.53. The molecule has 1 aromatic heterocycles. The van der Waals surface area contributed by atoms with Crippen molar-refractivity contribution in [3.05, 3.63) is 46.5 Å². The quantitative estimate of drug-likeness (QED) is 0.833. The molecule has 2 aromatic rings. The summed E-state index contributed by atoms with van der Waals surface area (Å²) in [4.78, 5) is 8.88. The minimum Gasteiger partial charge on any atom is -0.344 e. The maximum Gasteiger partial charge on any atom is 0.116 e. The van der Waals surface area contributed by atoms with E-state index in [2.05, 4.69) is 55.5 Å². The number of nitrogens with zero attached hydrogens (tertiary/aromatic N) is 1. The van der Waals surface area contributed by atoms with Crippen molar-refractivity contribution < 1.29 is 0 Å². The van der Waals surface area contributed by atoms with Crippen molar-refractivity contribution in [3.63, 3.8) is 0 Å². The van der Waals surface area contributed by atoms with Gasteiger partial charge >= 0.3 is 0 Å². The van der Waals surface area contributed by atoms with E-state index in [-0.39, 0.29) is 0 Å². The number of thioether (sulfide) groups is 1. The summed E-state index contributed by atoms with van der Waals surface area (Å²) in [6.07, 6.45) is 1.88. The summed E-state index contributed by atoms with van der Waals surface area (Å²) < 4.78 is 1.11. The van der Waals surface area contributed by atoms with E-state index >= 15 is 0 Å². The fourth-order valence-electron chi connectivity index (χ4n) is 1.44. The number of benzene rings is 1. The number of hydrogen-bond donors (Lipinski definition) is 2. The topological polar surface area (TPSA) is 40.7 Å². The lowest BCUT2D eigenvalue weighted by Crippen LogP contribution is -2.05. The van der Waals surface area contributed by atoms with Crippen LogP contribution >= 0.6 is 27.7 Å². The molecule has 0 saturated carbocycles. The van der Waals surface area contributed by atoms with Gasteiger partial charge in [-0.3, -0.25) is 0 Å². The van der Waals surface area contributed by atoms with Gasteiger partial charge in [0.2, 0.25) is 0 Å². The van der Waals surface area contributed by atoms with Crippen LogP contribution in [0.15, 0.2) is 39.8 Å². The highest BCUT2D eigenvalue weighted by molar-refractivity contribution is 9.10. The number of aromatic amines is 1. The highest BCUT2D eigenvalue weighted by atomic mass is 79.9. The van der Waals surface area contributed by atoms with E-state index in [1.54, 1.807) is 11.8 Å². The lowest BCUT2D eigenvalue weighted by Gasteiger charge is -1.99. The van der Waals surface area contributed by atoms with Gasteiger partial charge in [-0.25, -0.2) is 4.98 Å². The third kappa shape index (κ3) is 3.87. The molecule has 17 heavy (non-hydrogen) atoms. The Balaban J connectivity index is 1.90. The van der Waals surface area contributed by atoms with Crippen molar-refractivity contribution in [2.45, 2.75) is 17.2 Å². The molecule has 0 atom stereocenters. The van der Waals surface area contributed by atoms with Gasteiger partial charge in [0, 0.05) is 27.8 Å². The van der Waals surface area contributed by atoms with Crippen LogP contribution in [0.5, 0.6) is 0 Å². The van der Waals surface area contributed by atoms with Crippen LogP contribution in [-0.4, -0.2) is 17.0 Å². The summed E-state index contributed by atoms with van der Waals surface area (Å²) in [7, 11) is 1.93. The van der Waals surface area contributed by atoms with Crippen LogP contribution in [0.1, 0.15) is 11.5 Å². The molecule has 90 valence electrons. The molecule has 0 radical (unpaired) electrons. The summed E-state index contributed by atoms with van der Waals surface area (Å²) in [5, 5.41) is 3.09. The molecular weight excluding hydrogens is 298 g/mol. The van der Waals surface area contributed by atoms with E-state index in [0.29, 0.717) is 0 Å². The first kappa shape index (κ1) is 12.7. The molecule has 0 aliphatic rings. The predicted octanol–water partition coefficient (Wildman–Crippen LogP) is 3.18. The van der Waals surface area contributed by atoms with Crippen LogP contribution in [0.4, 0.5) is 0 Å². The molecule has 0 bridgehead atoms. The van der Waals surface area contributed by atoms with Gasteiger partial charge in [0.05, 0.1) is 5.75 Å². The molecule has 0 aliphatic heterocycles. The van der Waals surface area contributed by atoms with Crippen LogP contribution in [0, 0.1) is 0 Å². The molecule has 0 unspecified atom stereocenters. The smallest absolute Gasteiger partial charge is 0.116 e. The molecule has 1 heterocycles. The molecule has 0 saturated heterocycles. The molecule has 0 amide bonds. The molecular formula is C12H14BrN3S. The second-order valence-electron chi connectivity index (χ2n) is 3.63. The number of halogens is 1. The van der Waals surface area contributed by atoms with Crippen molar-refractivity contribution in [3.8, 4) is 0 Å². The fraction of sp³-hybridized carbons (Fsp3) is 0.250. The minimum atomic E-state index is 0.829. The zero-order valence-corrected chi connectivity index (χ0v) is 11.9. The van der Waals surface area contributed by atoms with Crippen LogP contribution in [0.25, 0.3) is 0 Å². The molecule has 0 aliphatic carbocycles. The molecule has 5 heteroatoms. The van der Waals surface area contributed by atoms with Crippen molar-refractivity contribution in [2.75, 3.05) is 7.05 Å². The number of rotatable bonds is 5. The van der Waals surface area contributed by atoms with E-state index in [1.165, 1.54) is 4.90 Å². The molecule has 2 rings (SSSR count). The average molecular weight is 312 g/mol. The third-order valence-corrected chi connectivity index (χ3v) is 3.79. The van der Waals surface area contributed by atoms with Gasteiger partial charge in [0.1, 0.15) is 5.82 Å². The summed E-state index contributed by atoms with van der Waals surface area (Å²) in [5.41, 5.74) is 1.12. The Morgan fingerprint density at radius 2 is 2.12 bits per heavy atom. The standard InChI is InChI=1S/C12H14BrN3S/c1-14-6-10-7-15-12(16-10)8-17-11-4-2-9(13)3-5-11/h2-5,7,14H,6,8H2,1H3,(H,15,16). The average Bonchev–Trinajstić information content (AvgIpc) is 2.77. The minimum absolute atomic E-state index is 0.829. The highest BCUT2D eigenvalue weighted by Crippen LogP contribution is 2.23. The molecule has 0 spiro atoms. The van der Waals surface area contributed by atoms with Gasteiger partial charge in [-0.2, -0.15) is 0 Å². The van der Waals surface area contributed by atoms with Crippen LogP contribution in [-0.2, 0) is 12.3 Å². The molecule has 2 N–H and O–H groups in total. The van der Waals surface area contributed by atoms with Gasteiger partial charge in [-0.15, -0.1) is 11.8 Å². The first-order chi connectivity index (χ1) is 8.28. The maximum absolute atomic E-state index is 4.34. The van der Waals surface area contributed by atoms with Crippen molar-refractivity contribution in [1.29, 1.82) is 0 Å². The Morgan fingerprint density at radius 3 is 2.82 bits per heavy atom. The lowest BCUT2D eigenvalue weighted by molar-refractivity contribution is 0.794. The first-order valence-corrected chi connectivity index (χ1v) is 7.11. The highest BCUT2D eigenvalue weighted by Gasteiger charge is 2.01. The number of H-pyrrole nitrogens is 1. The number of hydrogen-bond acceptors (Lipinski definition) is 3. The maximum atomic E-state index is 4.34. The van der Waals surface area contributed by atoms with Crippen LogP contribution in [0.3, 0.4) is 0 Å². The summed E-state index contributed by atoms with van der Waals surface area (Å²) >= 11 is 5.21. The summed E-state index contributed by atoms with van der Waals surface area (Å²) in [6, 6.07) is 8.31. The number of aromatic nitrogens is 2. The summed E-state index contributed by atoms with van der Waals surface area (Å²) in [6.45, 7) is 0.829. The Kier molecular flexibility index (Phi) is 4.65. The Labute approximate surface area is 114 Å². The van der Waals surface area contributed by atoms with Gasteiger partial charge in [0.15, 0.2) is 0 Å². The van der Waals surface area contributed by atoms with Gasteiger partial charge in [-0.05, 0) is 31.3 Å². The van der Waals surface area contributed by atoms with E-state index in [4.69, 9.17) is 0 Å². The van der Waals surface area contributed by atoms with Crippen molar-refractivity contribution in [1.82, 2.24) is 15.3 Å². The van der Waals surface area contributed by atoms with Gasteiger partial charge in [-0.1, -0.05) is 15.9 Å². The SMILES string of the molecule is CNCc1cnc(CSc2ccc(Br)cc2)[nH]1.